The van der Waals surface area contributed by atoms with Crippen molar-refractivity contribution >= 4 is 75.4 Å². The second-order valence-corrected chi connectivity index (χ2v) is 7.57. The monoisotopic (exact) mass is 450 g/mol. The lowest BCUT2D eigenvalue weighted by atomic mass is 9.99. The van der Waals surface area contributed by atoms with Gasteiger partial charge in [-0.2, -0.15) is 0 Å². The maximum atomic E-state index is 6.37. The zero-order valence-corrected chi connectivity index (χ0v) is 16.8. The van der Waals surface area contributed by atoms with Gasteiger partial charge in [0.1, 0.15) is 5.82 Å². The Morgan fingerprint density at radius 1 is 0.640 bits per heavy atom. The molecule has 25 heavy (non-hydrogen) atoms. The minimum absolute atomic E-state index is 0.301. The average molecular weight is 453 g/mol. The van der Waals surface area contributed by atoms with Gasteiger partial charge in [0.25, 0.3) is 0 Å². The van der Waals surface area contributed by atoms with E-state index in [1.54, 1.807) is 36.4 Å². The highest BCUT2D eigenvalue weighted by molar-refractivity contribution is 6.46. The zero-order valence-electron chi connectivity index (χ0n) is 12.3. The lowest BCUT2D eigenvalue weighted by Crippen LogP contribution is -1.97. The van der Waals surface area contributed by atoms with Crippen LogP contribution in [0.2, 0.25) is 30.1 Å². The maximum Gasteiger partial charge on any atom is 0.124 e. The van der Waals surface area contributed by atoms with E-state index >= 15 is 0 Å². The maximum absolute atomic E-state index is 6.37. The van der Waals surface area contributed by atoms with Crippen LogP contribution in [0.3, 0.4) is 0 Å². The van der Waals surface area contributed by atoms with Gasteiger partial charge in [-0.15, -0.1) is 0 Å². The number of nitrogens with two attached hydrogens (primary N) is 1. The number of pyridine rings is 1. The van der Waals surface area contributed by atoms with E-state index in [4.69, 9.17) is 75.3 Å². The molecule has 0 aliphatic rings. The van der Waals surface area contributed by atoms with E-state index < -0.39 is 0 Å². The van der Waals surface area contributed by atoms with Crippen molar-refractivity contribution in [3.63, 3.8) is 0 Å². The number of hydrogen-bond acceptors (Lipinski definition) is 2. The first-order valence-electron chi connectivity index (χ1n) is 6.84. The SMILES string of the molecule is Nc1ccc(-c2cc(Cl)cc(Cl)c2Cl)c(-c2cc(Cl)cc(Cl)c2Cl)n1. The van der Waals surface area contributed by atoms with Crippen LogP contribution in [0.1, 0.15) is 0 Å². The van der Waals surface area contributed by atoms with Crippen LogP contribution in [0.25, 0.3) is 22.4 Å². The Bertz CT molecular complexity index is 987. The molecule has 0 unspecified atom stereocenters. The van der Waals surface area contributed by atoms with Gasteiger partial charge in [-0.05, 0) is 36.4 Å². The largest absolute Gasteiger partial charge is 0.384 e. The van der Waals surface area contributed by atoms with Gasteiger partial charge in [-0.1, -0.05) is 69.6 Å². The molecular weight excluding hydrogens is 445 g/mol. The van der Waals surface area contributed by atoms with Gasteiger partial charge < -0.3 is 5.73 Å². The molecule has 1 heterocycles. The summed E-state index contributed by atoms with van der Waals surface area (Å²) >= 11 is 37.3. The summed E-state index contributed by atoms with van der Waals surface area (Å²) in [6, 6.07) is 9.85. The van der Waals surface area contributed by atoms with Crippen molar-refractivity contribution in [3.8, 4) is 22.4 Å². The van der Waals surface area contributed by atoms with Gasteiger partial charge >= 0.3 is 0 Å². The fourth-order valence-electron chi connectivity index (χ4n) is 2.38. The Morgan fingerprint density at radius 2 is 1.16 bits per heavy atom. The van der Waals surface area contributed by atoms with E-state index in [1.165, 1.54) is 0 Å². The van der Waals surface area contributed by atoms with Crippen molar-refractivity contribution in [2.24, 2.45) is 0 Å². The van der Waals surface area contributed by atoms with Gasteiger partial charge in [-0.3, -0.25) is 0 Å². The molecule has 0 bridgehead atoms. The average Bonchev–Trinajstić information content (AvgIpc) is 2.54. The second kappa shape index (κ2) is 7.40. The van der Waals surface area contributed by atoms with Crippen molar-refractivity contribution in [1.29, 1.82) is 0 Å². The highest BCUT2D eigenvalue weighted by atomic mass is 35.5. The fourth-order valence-corrected chi connectivity index (χ4v) is 3.77. The summed E-state index contributed by atoms with van der Waals surface area (Å²) in [5.41, 5.74) is 8.08. The summed E-state index contributed by atoms with van der Waals surface area (Å²) in [4.78, 5) is 4.39. The van der Waals surface area contributed by atoms with Gasteiger partial charge in [-0.25, -0.2) is 4.98 Å². The van der Waals surface area contributed by atoms with Gasteiger partial charge in [0.15, 0.2) is 0 Å². The Balaban J connectivity index is 2.36. The van der Waals surface area contributed by atoms with E-state index in [2.05, 4.69) is 4.98 Å². The molecule has 0 radical (unpaired) electrons. The number of hydrogen-bond donors (Lipinski definition) is 1. The highest BCUT2D eigenvalue weighted by Crippen LogP contribution is 2.43. The van der Waals surface area contributed by atoms with Crippen LogP contribution in [0.15, 0.2) is 36.4 Å². The second-order valence-electron chi connectivity index (χ2n) is 5.13. The first-order chi connectivity index (χ1) is 11.8. The van der Waals surface area contributed by atoms with Gasteiger partial charge in [0, 0.05) is 26.7 Å². The molecule has 0 spiro atoms. The Kier molecular flexibility index (Phi) is 5.60. The number of aromatic nitrogens is 1. The van der Waals surface area contributed by atoms with E-state index in [9.17, 15) is 0 Å². The molecule has 0 atom stereocenters. The summed E-state index contributed by atoms with van der Waals surface area (Å²) < 4.78 is 0. The quantitative estimate of drug-likeness (QED) is 0.401. The van der Waals surface area contributed by atoms with Crippen LogP contribution in [-0.2, 0) is 0 Å². The molecule has 0 fully saturated rings. The van der Waals surface area contributed by atoms with E-state index in [1.807, 2.05) is 0 Å². The number of halogens is 6. The molecule has 3 rings (SSSR count). The molecule has 0 aliphatic heterocycles. The summed E-state index contributed by atoms with van der Waals surface area (Å²) in [6.45, 7) is 0. The molecule has 1 aromatic heterocycles. The fraction of sp³-hybridized carbons (Fsp3) is 0. The molecule has 8 heteroatoms. The molecule has 2 nitrogen and oxygen atoms in total. The lowest BCUT2D eigenvalue weighted by Gasteiger charge is -2.14. The van der Waals surface area contributed by atoms with Gasteiger partial charge in [0.2, 0.25) is 0 Å². The van der Waals surface area contributed by atoms with Crippen molar-refractivity contribution < 1.29 is 0 Å². The van der Waals surface area contributed by atoms with Crippen LogP contribution in [-0.4, -0.2) is 4.98 Å². The normalized spacial score (nSPS) is 11.0. The zero-order chi connectivity index (χ0) is 18.3. The van der Waals surface area contributed by atoms with Crippen LogP contribution >= 0.6 is 69.6 Å². The third-order valence-electron chi connectivity index (χ3n) is 3.45. The number of nitrogens with zero attached hydrogens (tertiary/aromatic N) is 1. The molecule has 2 aromatic carbocycles. The van der Waals surface area contributed by atoms with Crippen molar-refractivity contribution in [2.45, 2.75) is 0 Å². The molecule has 3 aromatic rings. The summed E-state index contributed by atoms with van der Waals surface area (Å²) in [5.74, 6) is 0.301. The van der Waals surface area contributed by atoms with Crippen LogP contribution in [0.5, 0.6) is 0 Å². The number of rotatable bonds is 2. The molecule has 2 N–H and O–H groups in total. The minimum atomic E-state index is 0.301. The first kappa shape index (κ1) is 18.9. The van der Waals surface area contributed by atoms with Crippen molar-refractivity contribution in [1.82, 2.24) is 4.98 Å². The van der Waals surface area contributed by atoms with Crippen molar-refractivity contribution in [3.05, 3.63) is 66.5 Å². The minimum Gasteiger partial charge on any atom is -0.384 e. The molecule has 0 saturated heterocycles. The molecule has 0 amide bonds. The lowest BCUT2D eigenvalue weighted by molar-refractivity contribution is 1.33. The highest BCUT2D eigenvalue weighted by Gasteiger charge is 2.19. The number of benzene rings is 2. The van der Waals surface area contributed by atoms with E-state index in [-0.39, 0.29) is 0 Å². The van der Waals surface area contributed by atoms with Gasteiger partial charge in [0.05, 0.1) is 25.8 Å². The Hall–Kier alpha value is -0.870. The summed E-state index contributed by atoms with van der Waals surface area (Å²) in [6.07, 6.45) is 0. The third kappa shape index (κ3) is 3.80. The molecule has 0 aliphatic carbocycles. The predicted octanol–water partition coefficient (Wildman–Crippen LogP) is 7.92. The Labute approximate surface area is 174 Å². The topological polar surface area (TPSA) is 38.9 Å². The molecular formula is C17H8Cl6N2. The van der Waals surface area contributed by atoms with Crippen molar-refractivity contribution in [2.75, 3.05) is 5.73 Å². The third-order valence-corrected chi connectivity index (χ3v) is 5.49. The number of anilines is 1. The summed E-state index contributed by atoms with van der Waals surface area (Å²) in [7, 11) is 0. The first-order valence-corrected chi connectivity index (χ1v) is 9.11. The van der Waals surface area contributed by atoms with Crippen LogP contribution < -0.4 is 5.73 Å². The molecule has 128 valence electrons. The van der Waals surface area contributed by atoms with E-state index in [0.717, 1.165) is 0 Å². The number of nitrogen functional groups attached to an aromatic ring is 1. The van der Waals surface area contributed by atoms with Crippen LogP contribution in [0.4, 0.5) is 5.82 Å². The molecule has 0 saturated carbocycles. The Morgan fingerprint density at radius 3 is 1.76 bits per heavy atom. The smallest absolute Gasteiger partial charge is 0.124 e. The van der Waals surface area contributed by atoms with E-state index in [0.29, 0.717) is 58.3 Å². The predicted molar refractivity (Wildman–Crippen MR) is 110 cm³/mol. The standard InChI is InChI=1S/C17H8Cl6N2/c18-7-3-10(15(22)12(20)5-7)9-1-2-14(24)25-17(9)11-4-8(19)6-13(21)16(11)23/h1-6H,(H2,24,25). The summed E-state index contributed by atoms with van der Waals surface area (Å²) in [5, 5.41) is 2.10. The van der Waals surface area contributed by atoms with Crippen LogP contribution in [0, 0.1) is 0 Å².